The fraction of sp³-hybridized carbons (Fsp3) is 0.280. The monoisotopic (exact) mass is 444 g/mol. The number of unbranched alkanes of at least 4 members (excludes halogenated alkanes) is 1. The molecule has 0 spiro atoms. The van der Waals surface area contributed by atoms with Crippen molar-refractivity contribution < 1.29 is 9.90 Å². The Morgan fingerprint density at radius 2 is 1.88 bits per heavy atom. The standard InChI is InChI=1S/C25H28N6O2/c1-3-4-13-30(24(33)17-31-16-21(32)14-18(31)2)15-19-9-11-20(12-10-19)22-7-5-6-8-23(22)25-26-28-29-27-25/h5-12,14,16,32H,3-4,13,15,17H2,1-2H3,(H,26,27,28,29). The van der Waals surface area contributed by atoms with Crippen LogP contribution in [0, 0.1) is 6.92 Å². The van der Waals surface area contributed by atoms with Crippen LogP contribution < -0.4 is 0 Å². The van der Waals surface area contributed by atoms with Crippen LogP contribution in [-0.2, 0) is 17.9 Å². The molecule has 0 atom stereocenters. The number of hydrogen-bond acceptors (Lipinski definition) is 5. The van der Waals surface area contributed by atoms with E-state index < -0.39 is 0 Å². The summed E-state index contributed by atoms with van der Waals surface area (Å²) in [4.78, 5) is 14.9. The molecule has 4 rings (SSSR count). The number of nitrogens with zero attached hydrogens (tertiary/aromatic N) is 5. The van der Waals surface area contributed by atoms with Gasteiger partial charge in [0.05, 0.1) is 0 Å². The minimum absolute atomic E-state index is 0.0358. The fourth-order valence-corrected chi connectivity index (χ4v) is 3.87. The van der Waals surface area contributed by atoms with Gasteiger partial charge in [-0.25, -0.2) is 0 Å². The molecule has 0 aliphatic rings. The normalized spacial score (nSPS) is 11.0. The highest BCUT2D eigenvalue weighted by atomic mass is 16.3. The Bertz CT molecular complexity index is 1200. The summed E-state index contributed by atoms with van der Waals surface area (Å²) < 4.78 is 1.79. The number of tetrazole rings is 1. The number of amides is 1. The average molecular weight is 445 g/mol. The van der Waals surface area contributed by atoms with Crippen LogP contribution in [0.3, 0.4) is 0 Å². The van der Waals surface area contributed by atoms with Gasteiger partial charge >= 0.3 is 0 Å². The van der Waals surface area contributed by atoms with Crippen molar-refractivity contribution in [1.82, 2.24) is 30.1 Å². The van der Waals surface area contributed by atoms with E-state index in [0.717, 1.165) is 40.8 Å². The third-order valence-electron chi connectivity index (χ3n) is 5.69. The zero-order valence-corrected chi connectivity index (χ0v) is 18.9. The van der Waals surface area contributed by atoms with E-state index in [9.17, 15) is 9.90 Å². The van der Waals surface area contributed by atoms with Crippen molar-refractivity contribution in [2.45, 2.75) is 39.8 Å². The molecule has 2 heterocycles. The van der Waals surface area contributed by atoms with Crippen molar-refractivity contribution >= 4 is 5.91 Å². The summed E-state index contributed by atoms with van der Waals surface area (Å²) in [6.45, 7) is 5.45. The van der Waals surface area contributed by atoms with Crippen LogP contribution >= 0.6 is 0 Å². The first-order valence-electron chi connectivity index (χ1n) is 11.1. The molecular formula is C25H28N6O2. The number of aromatic amines is 1. The van der Waals surface area contributed by atoms with Gasteiger partial charge in [0.2, 0.25) is 11.7 Å². The number of rotatable bonds is 9. The molecule has 2 aromatic carbocycles. The number of aromatic nitrogens is 5. The highest BCUT2D eigenvalue weighted by molar-refractivity contribution is 5.80. The molecule has 0 bridgehead atoms. The number of carbonyl (C=O) groups excluding carboxylic acids is 1. The third kappa shape index (κ3) is 5.28. The second-order valence-electron chi connectivity index (χ2n) is 8.11. The van der Waals surface area contributed by atoms with Crippen LogP contribution in [0.15, 0.2) is 60.8 Å². The number of hydrogen-bond donors (Lipinski definition) is 2. The molecule has 0 fully saturated rings. The molecule has 170 valence electrons. The second kappa shape index (κ2) is 10.1. The predicted molar refractivity (Wildman–Crippen MR) is 126 cm³/mol. The topological polar surface area (TPSA) is 99.9 Å². The molecule has 4 aromatic rings. The lowest BCUT2D eigenvalue weighted by Crippen LogP contribution is -2.34. The summed E-state index contributed by atoms with van der Waals surface area (Å²) in [5.41, 5.74) is 4.90. The first-order chi connectivity index (χ1) is 16.0. The van der Waals surface area contributed by atoms with Gasteiger partial charge in [0.1, 0.15) is 12.3 Å². The molecule has 8 nitrogen and oxygen atoms in total. The number of H-pyrrole nitrogens is 1. The maximum atomic E-state index is 13.0. The summed E-state index contributed by atoms with van der Waals surface area (Å²) in [7, 11) is 0. The van der Waals surface area contributed by atoms with E-state index in [4.69, 9.17) is 0 Å². The van der Waals surface area contributed by atoms with Gasteiger partial charge in [-0.15, -0.1) is 10.2 Å². The van der Waals surface area contributed by atoms with E-state index in [1.807, 2.05) is 36.1 Å². The number of benzene rings is 2. The minimum atomic E-state index is 0.0358. The molecule has 0 unspecified atom stereocenters. The van der Waals surface area contributed by atoms with Crippen LogP contribution in [0.4, 0.5) is 0 Å². The Balaban J connectivity index is 1.51. The van der Waals surface area contributed by atoms with Crippen molar-refractivity contribution in [1.29, 1.82) is 0 Å². The van der Waals surface area contributed by atoms with Gasteiger partial charge in [-0.1, -0.05) is 61.9 Å². The van der Waals surface area contributed by atoms with Gasteiger partial charge in [-0.05, 0) is 35.2 Å². The first kappa shape index (κ1) is 22.3. The van der Waals surface area contributed by atoms with Crippen molar-refractivity contribution in [2.24, 2.45) is 0 Å². The smallest absolute Gasteiger partial charge is 0.242 e. The molecule has 0 radical (unpaired) electrons. The van der Waals surface area contributed by atoms with E-state index in [1.54, 1.807) is 16.8 Å². The van der Waals surface area contributed by atoms with E-state index in [0.29, 0.717) is 18.9 Å². The molecule has 0 aliphatic carbocycles. The molecular weight excluding hydrogens is 416 g/mol. The maximum absolute atomic E-state index is 13.0. The summed E-state index contributed by atoms with van der Waals surface area (Å²) >= 11 is 0. The number of nitrogens with one attached hydrogen (secondary N) is 1. The SMILES string of the molecule is CCCCN(Cc1ccc(-c2ccccc2-c2nn[nH]n2)cc1)C(=O)Cn1cc(O)cc1C. The van der Waals surface area contributed by atoms with Gasteiger partial charge in [0.15, 0.2) is 0 Å². The number of carbonyl (C=O) groups is 1. The molecule has 0 saturated carbocycles. The van der Waals surface area contributed by atoms with Crippen LogP contribution in [0.2, 0.25) is 0 Å². The van der Waals surface area contributed by atoms with Crippen LogP contribution in [-0.4, -0.2) is 47.6 Å². The fourth-order valence-electron chi connectivity index (χ4n) is 3.87. The van der Waals surface area contributed by atoms with E-state index in [2.05, 4.69) is 51.8 Å². The summed E-state index contributed by atoms with van der Waals surface area (Å²) in [5, 5.41) is 24.1. The largest absolute Gasteiger partial charge is 0.506 e. The second-order valence-corrected chi connectivity index (χ2v) is 8.11. The zero-order chi connectivity index (χ0) is 23.2. The molecule has 0 aliphatic heterocycles. The lowest BCUT2D eigenvalue weighted by molar-refractivity contribution is -0.132. The summed E-state index contributed by atoms with van der Waals surface area (Å²) in [5.74, 6) is 0.767. The lowest BCUT2D eigenvalue weighted by Gasteiger charge is -2.23. The minimum Gasteiger partial charge on any atom is -0.506 e. The molecule has 2 N–H and O–H groups in total. The number of aromatic hydroxyl groups is 1. The Morgan fingerprint density at radius 3 is 2.52 bits per heavy atom. The van der Waals surface area contributed by atoms with Gasteiger partial charge in [0.25, 0.3) is 0 Å². The van der Waals surface area contributed by atoms with Gasteiger partial charge in [-0.3, -0.25) is 4.79 Å². The molecule has 0 saturated heterocycles. The van der Waals surface area contributed by atoms with Crippen LogP contribution in [0.25, 0.3) is 22.5 Å². The van der Waals surface area contributed by atoms with Gasteiger partial charge < -0.3 is 14.6 Å². The van der Waals surface area contributed by atoms with Crippen molar-refractivity contribution in [2.75, 3.05) is 6.54 Å². The van der Waals surface area contributed by atoms with Crippen molar-refractivity contribution in [3.63, 3.8) is 0 Å². The molecule has 33 heavy (non-hydrogen) atoms. The first-order valence-corrected chi connectivity index (χ1v) is 11.1. The van der Waals surface area contributed by atoms with Crippen LogP contribution in [0.5, 0.6) is 5.75 Å². The number of aryl methyl sites for hydroxylation is 1. The zero-order valence-electron chi connectivity index (χ0n) is 18.9. The molecule has 8 heteroatoms. The summed E-state index contributed by atoms with van der Waals surface area (Å²) in [6, 6.07) is 17.8. The Morgan fingerprint density at radius 1 is 1.12 bits per heavy atom. The molecule has 2 aromatic heterocycles. The summed E-state index contributed by atoms with van der Waals surface area (Å²) in [6.07, 6.45) is 3.55. The van der Waals surface area contributed by atoms with E-state index in [-0.39, 0.29) is 18.2 Å². The van der Waals surface area contributed by atoms with Crippen molar-refractivity contribution in [3.05, 3.63) is 72.1 Å². The van der Waals surface area contributed by atoms with Crippen LogP contribution in [0.1, 0.15) is 31.0 Å². The average Bonchev–Trinajstić information content (AvgIpc) is 3.46. The molecule has 1 amide bonds. The highest BCUT2D eigenvalue weighted by Gasteiger charge is 2.16. The third-order valence-corrected chi connectivity index (χ3v) is 5.69. The maximum Gasteiger partial charge on any atom is 0.242 e. The van der Waals surface area contributed by atoms with E-state index >= 15 is 0 Å². The quantitative estimate of drug-likeness (QED) is 0.403. The Hall–Kier alpha value is -3.94. The van der Waals surface area contributed by atoms with Crippen molar-refractivity contribution in [3.8, 4) is 28.3 Å². The highest BCUT2D eigenvalue weighted by Crippen LogP contribution is 2.30. The van der Waals surface area contributed by atoms with Gasteiger partial charge in [-0.2, -0.15) is 5.21 Å². The van der Waals surface area contributed by atoms with E-state index in [1.165, 1.54) is 0 Å². The van der Waals surface area contributed by atoms with Gasteiger partial charge in [0, 0.05) is 36.6 Å². The Kier molecular flexibility index (Phi) is 6.83. The lowest BCUT2D eigenvalue weighted by atomic mass is 9.98. The Labute approximate surface area is 192 Å². The predicted octanol–water partition coefficient (Wildman–Crippen LogP) is 4.18.